The van der Waals surface area contributed by atoms with Gasteiger partial charge in [0.15, 0.2) is 0 Å². The predicted octanol–water partition coefficient (Wildman–Crippen LogP) is 4.44. The van der Waals surface area contributed by atoms with E-state index in [4.69, 9.17) is 16.3 Å². The molecule has 0 bridgehead atoms. The minimum absolute atomic E-state index is 0.117. The van der Waals surface area contributed by atoms with Gasteiger partial charge < -0.3 is 9.64 Å². The third-order valence-corrected chi connectivity index (χ3v) is 4.67. The Morgan fingerprint density at radius 2 is 2.20 bits per heavy atom. The van der Waals surface area contributed by atoms with Crippen molar-refractivity contribution in [3.8, 4) is 5.75 Å². The molecule has 0 saturated heterocycles. The summed E-state index contributed by atoms with van der Waals surface area (Å²) in [6.07, 6.45) is 0. The molecule has 0 saturated carbocycles. The molecule has 20 heavy (non-hydrogen) atoms. The Hall–Kier alpha value is -1.04. The zero-order valence-electron chi connectivity index (χ0n) is 11.0. The topological polar surface area (TPSA) is 29.5 Å². The average molecular weight is 375 g/mol. The molecule has 6 heteroatoms. The Morgan fingerprint density at radius 1 is 1.45 bits per heavy atom. The summed E-state index contributed by atoms with van der Waals surface area (Å²) in [6.45, 7) is 0.546. The number of ether oxygens (including phenoxy) is 1. The molecule has 106 valence electrons. The molecule has 0 radical (unpaired) electrons. The van der Waals surface area contributed by atoms with Crippen molar-refractivity contribution in [2.75, 3.05) is 14.2 Å². The summed E-state index contributed by atoms with van der Waals surface area (Å²) in [7, 11) is 3.30. The fourth-order valence-electron chi connectivity index (χ4n) is 1.80. The highest BCUT2D eigenvalue weighted by Crippen LogP contribution is 2.25. The van der Waals surface area contributed by atoms with Crippen LogP contribution >= 0.6 is 38.9 Å². The van der Waals surface area contributed by atoms with Gasteiger partial charge in [-0.15, -0.1) is 11.3 Å². The van der Waals surface area contributed by atoms with Crippen LogP contribution < -0.4 is 4.74 Å². The van der Waals surface area contributed by atoms with Crippen LogP contribution in [-0.2, 0) is 6.54 Å². The zero-order valence-corrected chi connectivity index (χ0v) is 14.2. The third kappa shape index (κ3) is 3.53. The Labute approximate surface area is 135 Å². The number of thiophene rings is 1. The maximum atomic E-state index is 12.5. The number of nitrogens with zero attached hydrogens (tertiary/aromatic N) is 1. The summed E-state index contributed by atoms with van der Waals surface area (Å²) >= 11 is 11.0. The number of hydrogen-bond acceptors (Lipinski definition) is 3. The molecule has 0 atom stereocenters. The van der Waals surface area contributed by atoms with Crippen LogP contribution in [0.1, 0.15) is 15.2 Å². The van der Waals surface area contributed by atoms with E-state index in [0.717, 1.165) is 9.35 Å². The number of methoxy groups -OCH3 is 1. The van der Waals surface area contributed by atoms with Gasteiger partial charge in [-0.1, -0.05) is 11.6 Å². The van der Waals surface area contributed by atoms with Gasteiger partial charge in [0.05, 0.1) is 19.2 Å². The molecule has 1 heterocycles. The SMILES string of the molecule is COc1ccc(Cl)cc1C(=O)N(C)Cc1cc(Br)cs1. The van der Waals surface area contributed by atoms with Crippen LogP contribution in [0.25, 0.3) is 0 Å². The summed E-state index contributed by atoms with van der Waals surface area (Å²) < 4.78 is 6.24. The minimum Gasteiger partial charge on any atom is -0.496 e. The summed E-state index contributed by atoms with van der Waals surface area (Å²) in [5, 5.41) is 2.51. The molecule has 1 aromatic heterocycles. The van der Waals surface area contributed by atoms with Crippen molar-refractivity contribution in [3.63, 3.8) is 0 Å². The van der Waals surface area contributed by atoms with Crippen molar-refractivity contribution in [2.24, 2.45) is 0 Å². The van der Waals surface area contributed by atoms with Gasteiger partial charge >= 0.3 is 0 Å². The lowest BCUT2D eigenvalue weighted by molar-refractivity contribution is 0.0783. The Morgan fingerprint density at radius 3 is 2.80 bits per heavy atom. The van der Waals surface area contributed by atoms with Crippen molar-refractivity contribution in [3.05, 3.63) is 49.6 Å². The Bertz CT molecular complexity index is 629. The summed E-state index contributed by atoms with van der Waals surface area (Å²) in [4.78, 5) is 15.2. The summed E-state index contributed by atoms with van der Waals surface area (Å²) in [5.74, 6) is 0.410. The number of benzene rings is 1. The van der Waals surface area contributed by atoms with E-state index in [-0.39, 0.29) is 5.91 Å². The fourth-order valence-corrected chi connectivity index (χ4v) is 3.47. The van der Waals surface area contributed by atoms with E-state index in [1.807, 2.05) is 11.4 Å². The maximum absolute atomic E-state index is 12.5. The summed E-state index contributed by atoms with van der Waals surface area (Å²) in [5.41, 5.74) is 0.470. The molecule has 0 N–H and O–H groups in total. The molecule has 1 amide bonds. The minimum atomic E-state index is -0.117. The van der Waals surface area contributed by atoms with E-state index in [9.17, 15) is 4.79 Å². The summed E-state index contributed by atoms with van der Waals surface area (Å²) in [6, 6.07) is 7.03. The number of hydrogen-bond donors (Lipinski definition) is 0. The first-order valence-electron chi connectivity index (χ1n) is 5.83. The maximum Gasteiger partial charge on any atom is 0.257 e. The normalized spacial score (nSPS) is 10.4. The largest absolute Gasteiger partial charge is 0.496 e. The number of carbonyl (C=O) groups is 1. The standard InChI is InChI=1S/C14H13BrClNO2S/c1-17(7-11-5-9(15)8-20-11)14(18)12-6-10(16)3-4-13(12)19-2/h3-6,8H,7H2,1-2H3. The molecular formula is C14H13BrClNO2S. The first kappa shape index (κ1) is 15.4. The van der Waals surface area contributed by atoms with Gasteiger partial charge in [-0.05, 0) is 40.2 Å². The molecule has 1 aromatic carbocycles. The molecule has 0 aliphatic rings. The molecule has 0 unspecified atom stereocenters. The molecule has 3 nitrogen and oxygen atoms in total. The van der Waals surface area contributed by atoms with Crippen molar-refractivity contribution in [1.29, 1.82) is 0 Å². The monoisotopic (exact) mass is 373 g/mol. The first-order valence-corrected chi connectivity index (χ1v) is 7.88. The molecule has 2 aromatic rings. The lowest BCUT2D eigenvalue weighted by Gasteiger charge is -2.18. The molecule has 0 aliphatic carbocycles. The van der Waals surface area contributed by atoms with Crippen LogP contribution in [0.2, 0.25) is 5.02 Å². The lowest BCUT2D eigenvalue weighted by atomic mass is 10.1. The van der Waals surface area contributed by atoms with Gasteiger partial charge in [-0.3, -0.25) is 4.79 Å². The van der Waals surface area contributed by atoms with Gasteiger partial charge in [0.2, 0.25) is 0 Å². The van der Waals surface area contributed by atoms with Crippen LogP contribution in [0, 0.1) is 0 Å². The molecule has 0 fully saturated rings. The highest BCUT2D eigenvalue weighted by Gasteiger charge is 2.17. The van der Waals surface area contributed by atoms with Crippen LogP contribution in [-0.4, -0.2) is 25.0 Å². The second-order valence-corrected chi connectivity index (χ2v) is 6.58. The second-order valence-electron chi connectivity index (χ2n) is 4.24. The smallest absolute Gasteiger partial charge is 0.257 e. The van der Waals surface area contributed by atoms with Crippen LogP contribution in [0.3, 0.4) is 0 Å². The molecule has 0 spiro atoms. The lowest BCUT2D eigenvalue weighted by Crippen LogP contribution is -2.26. The molecule has 0 aliphatic heterocycles. The van der Waals surface area contributed by atoms with E-state index in [2.05, 4.69) is 15.9 Å². The van der Waals surface area contributed by atoms with Crippen LogP contribution in [0.15, 0.2) is 34.1 Å². The predicted molar refractivity (Wildman–Crippen MR) is 85.8 cm³/mol. The van der Waals surface area contributed by atoms with Crippen molar-refractivity contribution < 1.29 is 9.53 Å². The van der Waals surface area contributed by atoms with Gasteiger partial charge in [-0.25, -0.2) is 0 Å². The fraction of sp³-hybridized carbons (Fsp3) is 0.214. The average Bonchev–Trinajstić information content (AvgIpc) is 2.83. The van der Waals surface area contributed by atoms with Crippen molar-refractivity contribution in [1.82, 2.24) is 4.90 Å². The van der Waals surface area contributed by atoms with Gasteiger partial charge in [-0.2, -0.15) is 0 Å². The Balaban J connectivity index is 2.20. The highest BCUT2D eigenvalue weighted by molar-refractivity contribution is 9.10. The highest BCUT2D eigenvalue weighted by atomic mass is 79.9. The molecular weight excluding hydrogens is 362 g/mol. The number of halogens is 2. The van der Waals surface area contributed by atoms with E-state index >= 15 is 0 Å². The van der Waals surface area contributed by atoms with E-state index in [0.29, 0.717) is 22.9 Å². The van der Waals surface area contributed by atoms with Gasteiger partial charge in [0.25, 0.3) is 5.91 Å². The Kier molecular flexibility index (Phi) is 5.07. The van der Waals surface area contributed by atoms with Gasteiger partial charge in [0.1, 0.15) is 5.75 Å². The van der Waals surface area contributed by atoms with E-state index < -0.39 is 0 Å². The van der Waals surface area contributed by atoms with Gasteiger partial charge in [0, 0.05) is 26.8 Å². The quantitative estimate of drug-likeness (QED) is 0.791. The first-order chi connectivity index (χ1) is 9.51. The van der Waals surface area contributed by atoms with Crippen LogP contribution in [0.5, 0.6) is 5.75 Å². The van der Waals surface area contributed by atoms with E-state index in [1.165, 1.54) is 7.11 Å². The number of carbonyl (C=O) groups excluding carboxylic acids is 1. The zero-order chi connectivity index (χ0) is 14.7. The molecule has 2 rings (SSSR count). The van der Waals surface area contributed by atoms with Crippen molar-refractivity contribution in [2.45, 2.75) is 6.54 Å². The number of rotatable bonds is 4. The third-order valence-electron chi connectivity index (χ3n) is 2.75. The van der Waals surface area contributed by atoms with Crippen LogP contribution in [0.4, 0.5) is 0 Å². The van der Waals surface area contributed by atoms with Crippen molar-refractivity contribution >= 4 is 44.8 Å². The number of amides is 1. The van der Waals surface area contributed by atoms with E-state index in [1.54, 1.807) is 41.5 Å². The second kappa shape index (κ2) is 6.61.